The Labute approximate surface area is 99.7 Å². The van der Waals surface area contributed by atoms with E-state index in [2.05, 4.69) is 10.3 Å². The predicted octanol–water partition coefficient (Wildman–Crippen LogP) is 1.24. The fraction of sp³-hybridized carbons (Fsp3) is 0.636. The zero-order chi connectivity index (χ0) is 11.4. The number of amides is 1. The molecule has 1 N–H and O–H groups in total. The summed E-state index contributed by atoms with van der Waals surface area (Å²) >= 11 is 1.56. The van der Waals surface area contributed by atoms with E-state index >= 15 is 0 Å². The van der Waals surface area contributed by atoms with Crippen molar-refractivity contribution in [3.8, 4) is 0 Å². The maximum atomic E-state index is 12.1. The Hall–Kier alpha value is -0.940. The van der Waals surface area contributed by atoms with Crippen LogP contribution in [0.1, 0.15) is 25.0 Å². The van der Waals surface area contributed by atoms with Crippen LogP contribution in [-0.4, -0.2) is 35.4 Å². The third-order valence-electron chi connectivity index (χ3n) is 2.87. The van der Waals surface area contributed by atoms with Crippen LogP contribution in [0.15, 0.2) is 10.9 Å². The van der Waals surface area contributed by atoms with Crippen LogP contribution in [0.25, 0.3) is 0 Å². The quantitative estimate of drug-likeness (QED) is 0.863. The van der Waals surface area contributed by atoms with E-state index < -0.39 is 0 Å². The number of carbonyl (C=O) groups excluding carboxylic acids is 1. The Morgan fingerprint density at radius 2 is 2.56 bits per heavy atom. The summed E-state index contributed by atoms with van der Waals surface area (Å²) < 4.78 is 0. The lowest BCUT2D eigenvalue weighted by Gasteiger charge is -2.27. The number of rotatable bonds is 3. The van der Waals surface area contributed by atoms with Crippen molar-refractivity contribution in [2.45, 2.75) is 31.8 Å². The molecule has 1 atom stereocenters. The van der Waals surface area contributed by atoms with Crippen molar-refractivity contribution in [2.75, 3.05) is 13.6 Å². The number of hydrogen-bond donors (Lipinski definition) is 1. The molecule has 0 spiro atoms. The molecule has 1 aromatic rings. The van der Waals surface area contributed by atoms with Crippen molar-refractivity contribution in [1.82, 2.24) is 15.2 Å². The second kappa shape index (κ2) is 5.41. The van der Waals surface area contributed by atoms with Crippen molar-refractivity contribution >= 4 is 17.2 Å². The van der Waals surface area contributed by atoms with Gasteiger partial charge in [-0.2, -0.15) is 0 Å². The minimum atomic E-state index is 0.0115. The lowest BCUT2D eigenvalue weighted by molar-refractivity contribution is -0.133. The van der Waals surface area contributed by atoms with E-state index in [1.54, 1.807) is 21.7 Å². The zero-order valence-electron chi connectivity index (χ0n) is 9.48. The minimum absolute atomic E-state index is 0.0115. The number of piperidine rings is 1. The van der Waals surface area contributed by atoms with E-state index in [4.69, 9.17) is 0 Å². The molecule has 0 aliphatic carbocycles. The molecule has 1 aliphatic heterocycles. The Morgan fingerprint density at radius 3 is 3.19 bits per heavy atom. The highest BCUT2D eigenvalue weighted by Gasteiger charge is 2.23. The van der Waals surface area contributed by atoms with Crippen molar-refractivity contribution in [2.24, 2.45) is 0 Å². The van der Waals surface area contributed by atoms with Crippen LogP contribution in [0.2, 0.25) is 0 Å². The van der Waals surface area contributed by atoms with Gasteiger partial charge in [0.2, 0.25) is 5.91 Å². The molecule has 0 aromatic carbocycles. The van der Waals surface area contributed by atoms with E-state index in [9.17, 15) is 4.79 Å². The standard InChI is InChI=1S/C11H17N3OS/c1-14(6-9-7-16-8-13-9)11(15)10-4-2-3-5-12-10/h7-8,10,12H,2-6H2,1H3/t10-/m0/s1. The van der Waals surface area contributed by atoms with E-state index in [1.165, 1.54) is 6.42 Å². The maximum Gasteiger partial charge on any atom is 0.239 e. The SMILES string of the molecule is CN(Cc1cscn1)C(=O)[C@@H]1CCCCN1. The molecule has 4 nitrogen and oxygen atoms in total. The monoisotopic (exact) mass is 239 g/mol. The first kappa shape index (κ1) is 11.5. The number of hydrogen-bond acceptors (Lipinski definition) is 4. The summed E-state index contributed by atoms with van der Waals surface area (Å²) in [5.74, 6) is 0.188. The van der Waals surface area contributed by atoms with Crippen LogP contribution >= 0.6 is 11.3 Å². The fourth-order valence-corrected chi connectivity index (χ4v) is 2.51. The lowest BCUT2D eigenvalue weighted by Crippen LogP contribution is -2.47. The molecule has 2 heterocycles. The van der Waals surface area contributed by atoms with Gasteiger partial charge in [-0.3, -0.25) is 4.79 Å². The molecule has 5 heteroatoms. The third-order valence-corrected chi connectivity index (χ3v) is 3.50. The highest BCUT2D eigenvalue weighted by atomic mass is 32.1. The summed E-state index contributed by atoms with van der Waals surface area (Å²) in [6.07, 6.45) is 3.29. The second-order valence-electron chi connectivity index (χ2n) is 4.18. The van der Waals surface area contributed by atoms with E-state index in [-0.39, 0.29) is 11.9 Å². The third kappa shape index (κ3) is 2.80. The summed E-state index contributed by atoms with van der Waals surface area (Å²) in [6, 6.07) is 0.0115. The largest absolute Gasteiger partial charge is 0.338 e. The molecule has 0 bridgehead atoms. The number of aromatic nitrogens is 1. The molecule has 0 radical (unpaired) electrons. The van der Waals surface area contributed by atoms with Gasteiger partial charge < -0.3 is 10.2 Å². The molecule has 0 unspecified atom stereocenters. The van der Waals surface area contributed by atoms with Crippen molar-refractivity contribution in [3.05, 3.63) is 16.6 Å². The Balaban J connectivity index is 1.88. The molecular formula is C11H17N3OS. The molecule has 1 aliphatic rings. The molecule has 1 fully saturated rings. The summed E-state index contributed by atoms with van der Waals surface area (Å²) in [4.78, 5) is 18.0. The summed E-state index contributed by atoms with van der Waals surface area (Å²) in [5.41, 5.74) is 2.77. The second-order valence-corrected chi connectivity index (χ2v) is 4.90. The number of nitrogens with zero attached hydrogens (tertiary/aromatic N) is 2. The first-order chi connectivity index (χ1) is 7.77. The van der Waals surface area contributed by atoms with Gasteiger partial charge in [0.1, 0.15) is 0 Å². The van der Waals surface area contributed by atoms with Crippen LogP contribution in [0.3, 0.4) is 0 Å². The number of nitrogens with one attached hydrogen (secondary N) is 1. The molecule has 0 saturated carbocycles. The fourth-order valence-electron chi connectivity index (χ4n) is 1.97. The van der Waals surface area contributed by atoms with Crippen LogP contribution in [0.5, 0.6) is 0 Å². The summed E-state index contributed by atoms with van der Waals surface area (Å²) in [6.45, 7) is 1.57. The van der Waals surface area contributed by atoms with Gasteiger partial charge in [0, 0.05) is 12.4 Å². The maximum absolute atomic E-state index is 12.1. The molecule has 16 heavy (non-hydrogen) atoms. The average Bonchev–Trinajstić information content (AvgIpc) is 2.82. The van der Waals surface area contributed by atoms with Crippen LogP contribution in [0, 0.1) is 0 Å². The van der Waals surface area contributed by atoms with Gasteiger partial charge in [-0.1, -0.05) is 6.42 Å². The van der Waals surface area contributed by atoms with E-state index in [0.29, 0.717) is 6.54 Å². The summed E-state index contributed by atoms with van der Waals surface area (Å²) in [5, 5.41) is 5.25. The van der Waals surface area contributed by atoms with Gasteiger partial charge >= 0.3 is 0 Å². The first-order valence-corrected chi connectivity index (χ1v) is 6.57. The van der Waals surface area contributed by atoms with Gasteiger partial charge in [-0.15, -0.1) is 11.3 Å². The zero-order valence-corrected chi connectivity index (χ0v) is 10.3. The topological polar surface area (TPSA) is 45.2 Å². The van der Waals surface area contributed by atoms with Crippen LogP contribution in [-0.2, 0) is 11.3 Å². The molecule has 1 amide bonds. The molecule has 1 saturated heterocycles. The van der Waals surface area contributed by atoms with Gasteiger partial charge in [-0.05, 0) is 19.4 Å². The smallest absolute Gasteiger partial charge is 0.239 e. The van der Waals surface area contributed by atoms with Gasteiger partial charge in [0.25, 0.3) is 0 Å². The van der Waals surface area contributed by atoms with Gasteiger partial charge in [0.05, 0.1) is 23.8 Å². The van der Waals surface area contributed by atoms with Crippen molar-refractivity contribution in [3.63, 3.8) is 0 Å². The van der Waals surface area contributed by atoms with Gasteiger partial charge in [-0.25, -0.2) is 4.98 Å². The molecule has 88 valence electrons. The molecule has 1 aromatic heterocycles. The number of thiazole rings is 1. The van der Waals surface area contributed by atoms with E-state index in [0.717, 1.165) is 25.1 Å². The van der Waals surface area contributed by atoms with E-state index in [1.807, 2.05) is 12.4 Å². The van der Waals surface area contributed by atoms with Crippen LogP contribution in [0.4, 0.5) is 0 Å². The highest BCUT2D eigenvalue weighted by Crippen LogP contribution is 2.11. The molecular weight excluding hydrogens is 222 g/mol. The minimum Gasteiger partial charge on any atom is -0.338 e. The van der Waals surface area contributed by atoms with Gasteiger partial charge in [0.15, 0.2) is 0 Å². The van der Waals surface area contributed by atoms with Crippen molar-refractivity contribution in [1.29, 1.82) is 0 Å². The highest BCUT2D eigenvalue weighted by molar-refractivity contribution is 7.07. The Bertz CT molecular complexity index is 333. The Morgan fingerprint density at radius 1 is 1.69 bits per heavy atom. The summed E-state index contributed by atoms with van der Waals surface area (Å²) in [7, 11) is 1.85. The number of likely N-dealkylation sites (N-methyl/N-ethyl adjacent to an activating group) is 1. The normalized spacial score (nSPS) is 20.7. The average molecular weight is 239 g/mol. The number of carbonyl (C=O) groups is 1. The molecule has 2 rings (SSSR count). The lowest BCUT2D eigenvalue weighted by atomic mass is 10.0. The first-order valence-electron chi connectivity index (χ1n) is 5.63. The van der Waals surface area contributed by atoms with Crippen LogP contribution < -0.4 is 5.32 Å². The predicted molar refractivity (Wildman–Crippen MR) is 64.2 cm³/mol. The Kier molecular flexibility index (Phi) is 3.90. The van der Waals surface area contributed by atoms with Crippen molar-refractivity contribution < 1.29 is 4.79 Å².